The van der Waals surface area contributed by atoms with Crippen molar-refractivity contribution in [3.05, 3.63) is 58.8 Å². The van der Waals surface area contributed by atoms with Gasteiger partial charge in [-0.25, -0.2) is 4.79 Å². The van der Waals surface area contributed by atoms with E-state index in [4.69, 9.17) is 0 Å². The fourth-order valence-corrected chi connectivity index (χ4v) is 6.13. The Labute approximate surface area is 258 Å². The van der Waals surface area contributed by atoms with Crippen LogP contribution in [0.4, 0.5) is 5.69 Å². The number of amides is 3. The van der Waals surface area contributed by atoms with Gasteiger partial charge >= 0.3 is 5.97 Å². The molecule has 4 unspecified atom stereocenters. The molecule has 0 saturated heterocycles. The van der Waals surface area contributed by atoms with Crippen LogP contribution in [0.25, 0.3) is 0 Å². The van der Waals surface area contributed by atoms with Gasteiger partial charge in [-0.3, -0.25) is 23.9 Å². The minimum atomic E-state index is -1.04. The zero-order valence-electron chi connectivity index (χ0n) is 26.8. The number of anilines is 1. The molecule has 2 aromatic rings. The molecule has 12 nitrogen and oxygen atoms in total. The molecule has 4 atom stereocenters. The zero-order valence-corrected chi connectivity index (χ0v) is 26.8. The molecular formula is C32H46N6O6. The summed E-state index contributed by atoms with van der Waals surface area (Å²) in [6.45, 7) is 10.9. The summed E-state index contributed by atoms with van der Waals surface area (Å²) in [7, 11) is 2.86. The van der Waals surface area contributed by atoms with E-state index >= 15 is 0 Å². The molecule has 0 spiro atoms. The number of rotatable bonds is 13. The van der Waals surface area contributed by atoms with Gasteiger partial charge in [0.25, 0.3) is 11.5 Å². The van der Waals surface area contributed by atoms with E-state index in [2.05, 4.69) is 60.4 Å². The Kier molecular flexibility index (Phi) is 11.3. The predicted molar refractivity (Wildman–Crippen MR) is 167 cm³/mol. The lowest BCUT2D eigenvalue weighted by Crippen LogP contribution is -2.49. The Morgan fingerprint density at radius 1 is 1.20 bits per heavy atom. The van der Waals surface area contributed by atoms with Crippen molar-refractivity contribution in [2.24, 2.45) is 23.8 Å². The van der Waals surface area contributed by atoms with Crippen LogP contribution in [0, 0.1) is 16.7 Å². The predicted octanol–water partition coefficient (Wildman–Crippen LogP) is 3.19. The largest absolute Gasteiger partial charge is 0.466 e. The third kappa shape index (κ3) is 7.64. The molecule has 0 aromatic carbocycles. The monoisotopic (exact) mass is 610 g/mol. The molecule has 0 aliphatic heterocycles. The lowest BCUT2D eigenvalue weighted by Gasteiger charge is -2.44. The summed E-state index contributed by atoms with van der Waals surface area (Å²) in [5, 5.41) is 12.5. The van der Waals surface area contributed by atoms with Crippen LogP contribution in [-0.4, -0.2) is 57.2 Å². The van der Waals surface area contributed by atoms with Crippen molar-refractivity contribution < 1.29 is 23.9 Å². The van der Waals surface area contributed by atoms with Crippen LogP contribution in [0.2, 0.25) is 0 Å². The topological polar surface area (TPSA) is 153 Å². The molecule has 1 aliphatic carbocycles. The first kappa shape index (κ1) is 34.3. The van der Waals surface area contributed by atoms with E-state index in [1.807, 2.05) is 0 Å². The molecule has 2 aromatic heterocycles. The van der Waals surface area contributed by atoms with E-state index in [0.29, 0.717) is 5.92 Å². The number of nitrogens with one attached hydrogen (secondary N) is 3. The van der Waals surface area contributed by atoms with Crippen LogP contribution in [-0.2, 0) is 32.7 Å². The molecule has 44 heavy (non-hydrogen) atoms. The number of nitrogens with zero attached hydrogens (tertiary/aromatic N) is 3. The number of aryl methyl sites for hydroxylation is 1. The summed E-state index contributed by atoms with van der Waals surface area (Å²) in [4.78, 5) is 64.1. The number of allylic oxidation sites excluding steroid dienone is 1. The highest BCUT2D eigenvalue weighted by atomic mass is 16.5. The van der Waals surface area contributed by atoms with Crippen molar-refractivity contribution in [3.8, 4) is 0 Å². The molecule has 1 aliphatic rings. The Morgan fingerprint density at radius 3 is 2.57 bits per heavy atom. The van der Waals surface area contributed by atoms with E-state index in [0.717, 1.165) is 19.3 Å². The fraction of sp³-hybridized carbons (Fsp3) is 0.562. The first-order valence-electron chi connectivity index (χ1n) is 15.1. The molecule has 0 radical (unpaired) electrons. The van der Waals surface area contributed by atoms with Crippen LogP contribution in [0.5, 0.6) is 0 Å². The van der Waals surface area contributed by atoms with E-state index in [1.165, 1.54) is 53.0 Å². The summed E-state index contributed by atoms with van der Waals surface area (Å²) in [6, 6.07) is 3.48. The number of pyridine rings is 1. The number of ether oxygens (including phenoxy) is 1. The van der Waals surface area contributed by atoms with Gasteiger partial charge in [-0.05, 0) is 60.6 Å². The molecule has 3 N–H and O–H groups in total. The highest BCUT2D eigenvalue weighted by molar-refractivity contribution is 6.00. The maximum atomic E-state index is 13.3. The third-order valence-corrected chi connectivity index (χ3v) is 9.51. The number of hydrogen-bond donors (Lipinski definition) is 3. The van der Waals surface area contributed by atoms with Gasteiger partial charge in [-0.2, -0.15) is 5.10 Å². The van der Waals surface area contributed by atoms with Crippen molar-refractivity contribution in [2.45, 2.75) is 85.4 Å². The second kappa shape index (κ2) is 14.5. The quantitative estimate of drug-likeness (QED) is 0.233. The lowest BCUT2D eigenvalue weighted by atomic mass is 9.63. The number of esters is 1. The minimum absolute atomic E-state index is 0.0180. The highest BCUT2D eigenvalue weighted by Gasteiger charge is 2.55. The van der Waals surface area contributed by atoms with Gasteiger partial charge in [-0.1, -0.05) is 47.1 Å². The molecule has 3 amide bonds. The van der Waals surface area contributed by atoms with E-state index in [9.17, 15) is 24.0 Å². The van der Waals surface area contributed by atoms with Crippen molar-refractivity contribution >= 4 is 29.4 Å². The SMILES string of the molecule is CCCC1(C)C(NC(=O)Cn2cccc(NC(=O)C(CC/C=C/C(=O)OC)NC(=O)c3ccnn3C)c2=O)CC(C)C1(C)C. The molecular weight excluding hydrogens is 564 g/mol. The van der Waals surface area contributed by atoms with Gasteiger partial charge in [0.15, 0.2) is 0 Å². The summed E-state index contributed by atoms with van der Waals surface area (Å²) < 4.78 is 7.22. The minimum Gasteiger partial charge on any atom is -0.466 e. The smallest absolute Gasteiger partial charge is 0.330 e. The fourth-order valence-electron chi connectivity index (χ4n) is 6.13. The first-order valence-corrected chi connectivity index (χ1v) is 15.1. The summed E-state index contributed by atoms with van der Waals surface area (Å²) in [5.41, 5.74) is -0.370. The van der Waals surface area contributed by atoms with Crippen molar-refractivity contribution in [2.75, 3.05) is 12.4 Å². The van der Waals surface area contributed by atoms with Crippen molar-refractivity contribution in [1.82, 2.24) is 25.0 Å². The molecule has 3 rings (SSSR count). The summed E-state index contributed by atoms with van der Waals surface area (Å²) in [5.74, 6) is -1.54. The molecule has 2 heterocycles. The lowest BCUT2D eigenvalue weighted by molar-refractivity contribution is -0.134. The maximum absolute atomic E-state index is 13.3. The Hall–Kier alpha value is -4.22. The van der Waals surface area contributed by atoms with Crippen LogP contribution < -0.4 is 21.5 Å². The van der Waals surface area contributed by atoms with E-state index in [-0.39, 0.29) is 53.5 Å². The van der Waals surface area contributed by atoms with Gasteiger partial charge in [0.2, 0.25) is 11.8 Å². The average Bonchev–Trinajstić information content (AvgIpc) is 3.47. The zero-order chi connectivity index (χ0) is 32.7. The average molecular weight is 611 g/mol. The Balaban J connectivity index is 1.74. The second-order valence-electron chi connectivity index (χ2n) is 12.4. The summed E-state index contributed by atoms with van der Waals surface area (Å²) >= 11 is 0. The normalized spacial score (nSPS) is 21.5. The Bertz CT molecular complexity index is 1440. The molecule has 1 saturated carbocycles. The van der Waals surface area contributed by atoms with E-state index in [1.54, 1.807) is 13.1 Å². The number of hydrogen-bond acceptors (Lipinski definition) is 7. The number of aromatic nitrogens is 3. The first-order chi connectivity index (χ1) is 20.7. The van der Waals surface area contributed by atoms with Crippen LogP contribution in [0.1, 0.15) is 77.2 Å². The van der Waals surface area contributed by atoms with Crippen LogP contribution >= 0.6 is 0 Å². The number of carbonyl (C=O) groups excluding carboxylic acids is 4. The third-order valence-electron chi connectivity index (χ3n) is 9.51. The molecule has 0 bridgehead atoms. The van der Waals surface area contributed by atoms with Gasteiger partial charge in [0.05, 0.1) is 7.11 Å². The highest BCUT2D eigenvalue weighted by Crippen LogP contribution is 2.57. The summed E-state index contributed by atoms with van der Waals surface area (Å²) in [6.07, 6.45) is 8.99. The number of carbonyl (C=O) groups is 4. The maximum Gasteiger partial charge on any atom is 0.330 e. The van der Waals surface area contributed by atoms with Gasteiger partial charge in [0, 0.05) is 31.6 Å². The van der Waals surface area contributed by atoms with Crippen molar-refractivity contribution in [3.63, 3.8) is 0 Å². The van der Waals surface area contributed by atoms with E-state index < -0.39 is 29.4 Å². The Morgan fingerprint density at radius 2 is 1.93 bits per heavy atom. The molecule has 1 fully saturated rings. The molecule has 12 heteroatoms. The van der Waals surface area contributed by atoms with Gasteiger partial charge < -0.3 is 25.3 Å². The second-order valence-corrected chi connectivity index (χ2v) is 12.4. The van der Waals surface area contributed by atoms with Crippen LogP contribution in [0.3, 0.4) is 0 Å². The van der Waals surface area contributed by atoms with Crippen molar-refractivity contribution in [1.29, 1.82) is 0 Å². The van der Waals surface area contributed by atoms with Gasteiger partial charge in [-0.15, -0.1) is 0 Å². The van der Waals surface area contributed by atoms with Crippen LogP contribution in [0.15, 0.2) is 47.5 Å². The number of methoxy groups -OCH3 is 1. The standard InChI is InChI=1S/C32H46N6O6/c1-8-16-32(5)25(19-21(2)31(32,3)4)36-26(39)20-38-18-11-13-23(30(38)43)35-28(41)22(12-9-10-14-27(40)44-7)34-29(42)24-15-17-33-37(24)6/h10-11,13-15,17-18,21-22,25H,8-9,12,16,19-20H2,1-7H3,(H,34,42)(H,35,41)(H,36,39)/b14-10+. The molecule has 240 valence electrons. The van der Waals surface area contributed by atoms with Gasteiger partial charge in [0.1, 0.15) is 24.0 Å².